The van der Waals surface area contributed by atoms with Crippen LogP contribution in [0, 0.1) is 0 Å². The van der Waals surface area contributed by atoms with Crippen molar-refractivity contribution in [2.24, 2.45) is 0 Å². The van der Waals surface area contributed by atoms with Crippen molar-refractivity contribution in [2.45, 2.75) is 10.8 Å². The maximum Gasteiger partial charge on any atom is 0.302 e. The summed E-state index contributed by atoms with van der Waals surface area (Å²) in [6.45, 7) is -2.03. The molecule has 0 unspecified atom stereocenters. The van der Waals surface area contributed by atoms with Crippen molar-refractivity contribution in [3.8, 4) is 0 Å². The molecular formula is C8H7F3O3S. The van der Waals surface area contributed by atoms with Crippen LogP contribution >= 0.6 is 0 Å². The Hall–Kier alpha value is -1.08. The summed E-state index contributed by atoms with van der Waals surface area (Å²) in [6, 6.07) is 3.82. The zero-order chi connectivity index (χ0) is 11.7. The SMILES string of the molecule is O=S(=O)(O)c1ccccc1C(F)(F)CF. The summed E-state index contributed by atoms with van der Waals surface area (Å²) in [6.07, 6.45) is 0. The van der Waals surface area contributed by atoms with Crippen LogP contribution in [-0.4, -0.2) is 19.6 Å². The second-order valence-electron chi connectivity index (χ2n) is 2.81. The minimum absolute atomic E-state index is 0.753. The van der Waals surface area contributed by atoms with Crippen molar-refractivity contribution in [1.82, 2.24) is 0 Å². The Morgan fingerprint density at radius 2 is 1.80 bits per heavy atom. The largest absolute Gasteiger partial charge is 0.302 e. The third-order valence-corrected chi connectivity index (χ3v) is 2.64. The van der Waals surface area contributed by atoms with E-state index in [4.69, 9.17) is 4.55 Å². The van der Waals surface area contributed by atoms with Crippen molar-refractivity contribution in [3.05, 3.63) is 29.8 Å². The first-order valence-corrected chi connectivity index (χ1v) is 5.24. The van der Waals surface area contributed by atoms with E-state index in [0.717, 1.165) is 24.3 Å². The Balaban J connectivity index is 3.44. The minimum Gasteiger partial charge on any atom is -0.282 e. The van der Waals surface area contributed by atoms with Gasteiger partial charge in [0.25, 0.3) is 10.1 Å². The van der Waals surface area contributed by atoms with Gasteiger partial charge in [0, 0.05) is 5.56 Å². The van der Waals surface area contributed by atoms with Crippen LogP contribution in [0.3, 0.4) is 0 Å². The highest BCUT2D eigenvalue weighted by atomic mass is 32.2. The van der Waals surface area contributed by atoms with E-state index in [9.17, 15) is 21.6 Å². The van der Waals surface area contributed by atoms with Gasteiger partial charge in [-0.25, -0.2) is 4.39 Å². The van der Waals surface area contributed by atoms with Gasteiger partial charge in [0.1, 0.15) is 4.90 Å². The van der Waals surface area contributed by atoms with Crippen molar-refractivity contribution in [1.29, 1.82) is 0 Å². The Morgan fingerprint density at radius 1 is 1.27 bits per heavy atom. The topological polar surface area (TPSA) is 54.4 Å². The van der Waals surface area contributed by atoms with Gasteiger partial charge in [0.15, 0.2) is 6.67 Å². The van der Waals surface area contributed by atoms with Crippen LogP contribution in [0.1, 0.15) is 5.56 Å². The van der Waals surface area contributed by atoms with Crippen molar-refractivity contribution < 1.29 is 26.1 Å². The van der Waals surface area contributed by atoms with Crippen LogP contribution in [0.4, 0.5) is 13.2 Å². The van der Waals surface area contributed by atoms with Gasteiger partial charge in [-0.1, -0.05) is 18.2 Å². The number of halogens is 3. The number of benzene rings is 1. The summed E-state index contributed by atoms with van der Waals surface area (Å²) in [7, 11) is -4.77. The lowest BCUT2D eigenvalue weighted by atomic mass is 10.1. The molecule has 0 atom stereocenters. The van der Waals surface area contributed by atoms with Gasteiger partial charge in [-0.15, -0.1) is 0 Å². The molecule has 0 amide bonds. The van der Waals surface area contributed by atoms with E-state index in [2.05, 4.69) is 0 Å². The summed E-state index contributed by atoms with van der Waals surface area (Å²) in [5, 5.41) is 0. The fourth-order valence-corrected chi connectivity index (χ4v) is 1.81. The Labute approximate surface area is 84.3 Å². The van der Waals surface area contributed by atoms with E-state index in [1.165, 1.54) is 0 Å². The van der Waals surface area contributed by atoms with Gasteiger partial charge in [-0.3, -0.25) is 4.55 Å². The predicted molar refractivity (Wildman–Crippen MR) is 46.1 cm³/mol. The molecule has 1 aromatic carbocycles. The summed E-state index contributed by atoms with van der Waals surface area (Å²) in [5.74, 6) is -3.92. The minimum atomic E-state index is -4.77. The normalized spacial score (nSPS) is 12.8. The van der Waals surface area contributed by atoms with Crippen molar-refractivity contribution >= 4 is 10.1 Å². The van der Waals surface area contributed by atoms with Crippen LogP contribution in [0.2, 0.25) is 0 Å². The standard InChI is InChI=1S/C8H7F3O3S/c9-5-8(10,11)6-3-1-2-4-7(6)15(12,13)14/h1-4H,5H2,(H,12,13,14). The van der Waals surface area contributed by atoms with E-state index in [1.807, 2.05) is 0 Å². The van der Waals surface area contributed by atoms with Gasteiger partial charge in [0.2, 0.25) is 0 Å². The molecule has 0 saturated heterocycles. The van der Waals surface area contributed by atoms with Crippen LogP contribution < -0.4 is 0 Å². The number of hydrogen-bond donors (Lipinski definition) is 1. The van der Waals surface area contributed by atoms with E-state index in [-0.39, 0.29) is 0 Å². The van der Waals surface area contributed by atoms with Crippen molar-refractivity contribution in [2.75, 3.05) is 6.67 Å². The molecule has 0 spiro atoms. The molecule has 0 aromatic heterocycles. The summed E-state index contributed by atoms with van der Waals surface area (Å²) >= 11 is 0. The fourth-order valence-electron chi connectivity index (χ4n) is 1.07. The molecule has 1 aromatic rings. The molecular weight excluding hydrogens is 233 g/mol. The molecule has 0 bridgehead atoms. The molecule has 15 heavy (non-hydrogen) atoms. The van der Waals surface area contributed by atoms with Gasteiger partial charge >= 0.3 is 5.92 Å². The molecule has 0 saturated carbocycles. The van der Waals surface area contributed by atoms with Gasteiger partial charge in [-0.2, -0.15) is 17.2 Å². The van der Waals surface area contributed by atoms with Gasteiger partial charge < -0.3 is 0 Å². The average Bonchev–Trinajstić information content (AvgIpc) is 2.16. The average molecular weight is 240 g/mol. The second kappa shape index (κ2) is 3.82. The first-order chi connectivity index (χ1) is 6.79. The van der Waals surface area contributed by atoms with E-state index in [0.29, 0.717) is 0 Å². The predicted octanol–water partition coefficient (Wildman–Crippen LogP) is 1.99. The Bertz CT molecular complexity index is 456. The highest BCUT2D eigenvalue weighted by molar-refractivity contribution is 7.85. The summed E-state index contributed by atoms with van der Waals surface area (Å²) in [5.41, 5.74) is -1.05. The van der Waals surface area contributed by atoms with Crippen LogP contribution in [0.15, 0.2) is 29.2 Å². The first kappa shape index (κ1) is 12.0. The third-order valence-electron chi connectivity index (χ3n) is 1.73. The Morgan fingerprint density at radius 3 is 2.27 bits per heavy atom. The zero-order valence-corrected chi connectivity index (χ0v) is 8.14. The van der Waals surface area contributed by atoms with Crippen LogP contribution in [0.5, 0.6) is 0 Å². The molecule has 3 nitrogen and oxygen atoms in total. The third kappa shape index (κ3) is 2.48. The summed E-state index contributed by atoms with van der Waals surface area (Å²) < 4.78 is 67.9. The molecule has 7 heteroatoms. The second-order valence-corrected chi connectivity index (χ2v) is 4.20. The maximum absolute atomic E-state index is 12.9. The monoisotopic (exact) mass is 240 g/mol. The molecule has 1 N–H and O–H groups in total. The molecule has 0 radical (unpaired) electrons. The lowest BCUT2D eigenvalue weighted by Gasteiger charge is -2.14. The van der Waals surface area contributed by atoms with Crippen LogP contribution in [0.25, 0.3) is 0 Å². The molecule has 0 fully saturated rings. The van der Waals surface area contributed by atoms with Gasteiger partial charge in [0.05, 0.1) is 0 Å². The highest BCUT2D eigenvalue weighted by Crippen LogP contribution is 2.32. The molecule has 0 aliphatic heterocycles. The number of rotatable bonds is 3. The number of hydrogen-bond acceptors (Lipinski definition) is 2. The molecule has 0 heterocycles. The van der Waals surface area contributed by atoms with E-state index in [1.54, 1.807) is 0 Å². The highest BCUT2D eigenvalue weighted by Gasteiger charge is 2.36. The molecule has 84 valence electrons. The lowest BCUT2D eigenvalue weighted by molar-refractivity contribution is -0.0308. The molecule has 0 aliphatic carbocycles. The quantitative estimate of drug-likeness (QED) is 0.822. The molecule has 0 aliphatic rings. The number of alkyl halides is 3. The maximum atomic E-state index is 12.9. The van der Waals surface area contributed by atoms with E-state index >= 15 is 0 Å². The van der Waals surface area contributed by atoms with Crippen molar-refractivity contribution in [3.63, 3.8) is 0 Å². The lowest BCUT2D eigenvalue weighted by Crippen LogP contribution is -2.19. The first-order valence-electron chi connectivity index (χ1n) is 3.80. The summed E-state index contributed by atoms with van der Waals surface area (Å²) in [4.78, 5) is -0.979. The van der Waals surface area contributed by atoms with Crippen LogP contribution in [-0.2, 0) is 16.0 Å². The molecule has 1 rings (SSSR count). The Kier molecular flexibility index (Phi) is 3.05. The zero-order valence-electron chi connectivity index (χ0n) is 7.32. The van der Waals surface area contributed by atoms with Gasteiger partial charge in [-0.05, 0) is 6.07 Å². The fraction of sp³-hybridized carbons (Fsp3) is 0.250. The smallest absolute Gasteiger partial charge is 0.282 e. The van der Waals surface area contributed by atoms with E-state index < -0.39 is 33.2 Å².